The zero-order chi connectivity index (χ0) is 20.1. The molecule has 0 aliphatic carbocycles. The van der Waals surface area contributed by atoms with Gasteiger partial charge in [-0.3, -0.25) is 4.90 Å². The summed E-state index contributed by atoms with van der Waals surface area (Å²) in [7, 11) is 0. The van der Waals surface area contributed by atoms with Crippen molar-refractivity contribution in [3.8, 4) is 17.2 Å². The van der Waals surface area contributed by atoms with Crippen LogP contribution in [0.15, 0.2) is 59.0 Å². The maximum Gasteiger partial charge on any atom is 0.226 e. The van der Waals surface area contributed by atoms with Crippen molar-refractivity contribution in [3.05, 3.63) is 71.6 Å². The third kappa shape index (κ3) is 5.05. The molecule has 0 bridgehead atoms. The van der Waals surface area contributed by atoms with Gasteiger partial charge < -0.3 is 14.5 Å². The Kier molecular flexibility index (Phi) is 6.27. The highest BCUT2D eigenvalue weighted by Gasteiger charge is 2.17. The molecule has 1 aromatic heterocycles. The molecule has 5 nitrogen and oxygen atoms in total. The zero-order valence-electron chi connectivity index (χ0n) is 17.2. The normalized spacial score (nSPS) is 17.4. The van der Waals surface area contributed by atoms with Gasteiger partial charge in [0.05, 0.1) is 12.3 Å². The summed E-state index contributed by atoms with van der Waals surface area (Å²) in [6.07, 6.45) is 0.724. The highest BCUT2D eigenvalue weighted by Crippen LogP contribution is 2.22. The third-order valence-electron chi connectivity index (χ3n) is 5.47. The van der Waals surface area contributed by atoms with Crippen molar-refractivity contribution in [1.82, 2.24) is 15.2 Å². The molecule has 152 valence electrons. The molecule has 1 aliphatic rings. The van der Waals surface area contributed by atoms with Crippen LogP contribution in [0.5, 0.6) is 5.75 Å². The Morgan fingerprint density at radius 3 is 2.69 bits per heavy atom. The Labute approximate surface area is 172 Å². The van der Waals surface area contributed by atoms with Gasteiger partial charge in [0, 0.05) is 44.2 Å². The number of aromatic nitrogens is 1. The molecule has 2 heterocycles. The summed E-state index contributed by atoms with van der Waals surface area (Å²) in [5.41, 5.74) is 3.27. The summed E-state index contributed by atoms with van der Waals surface area (Å²) in [5.74, 6) is 2.42. The standard InChI is InChI=1S/C24H29N3O2/c1-18-16-25-13-14-27(18)17-20-8-10-22(11-9-20)28-15-12-23-19(2)29-24(26-23)21-6-4-3-5-7-21/h3-11,18,25H,12-17H2,1-2H3. The fourth-order valence-corrected chi connectivity index (χ4v) is 3.67. The summed E-state index contributed by atoms with van der Waals surface area (Å²) in [4.78, 5) is 7.16. The number of nitrogens with zero attached hydrogens (tertiary/aromatic N) is 2. The number of piperazine rings is 1. The molecule has 0 amide bonds. The van der Waals surface area contributed by atoms with E-state index >= 15 is 0 Å². The molecule has 2 aromatic carbocycles. The number of ether oxygens (including phenoxy) is 1. The monoisotopic (exact) mass is 391 g/mol. The minimum absolute atomic E-state index is 0.575. The highest BCUT2D eigenvalue weighted by atomic mass is 16.5. The average Bonchev–Trinajstić information content (AvgIpc) is 3.12. The van der Waals surface area contributed by atoms with Crippen molar-refractivity contribution in [2.45, 2.75) is 32.9 Å². The number of hydrogen-bond acceptors (Lipinski definition) is 5. The van der Waals surface area contributed by atoms with E-state index in [2.05, 4.69) is 46.4 Å². The third-order valence-corrected chi connectivity index (χ3v) is 5.47. The van der Waals surface area contributed by atoms with Gasteiger partial charge in [0.1, 0.15) is 11.5 Å². The van der Waals surface area contributed by atoms with Crippen molar-refractivity contribution in [1.29, 1.82) is 0 Å². The molecule has 1 atom stereocenters. The Hall–Kier alpha value is -2.63. The quantitative estimate of drug-likeness (QED) is 0.658. The largest absolute Gasteiger partial charge is 0.493 e. The minimum Gasteiger partial charge on any atom is -0.493 e. The van der Waals surface area contributed by atoms with E-state index in [1.165, 1.54) is 5.56 Å². The lowest BCUT2D eigenvalue weighted by atomic mass is 10.1. The summed E-state index contributed by atoms with van der Waals surface area (Å²) >= 11 is 0. The molecular weight excluding hydrogens is 362 g/mol. The lowest BCUT2D eigenvalue weighted by Crippen LogP contribution is -2.49. The van der Waals surface area contributed by atoms with E-state index in [0.717, 1.165) is 55.4 Å². The molecule has 4 rings (SSSR count). The first-order valence-corrected chi connectivity index (χ1v) is 10.4. The minimum atomic E-state index is 0.575. The molecule has 1 fully saturated rings. The number of benzene rings is 2. The van der Waals surface area contributed by atoms with Crippen LogP contribution in [0, 0.1) is 6.92 Å². The molecule has 1 N–H and O–H groups in total. The number of hydrogen-bond donors (Lipinski definition) is 1. The fourth-order valence-electron chi connectivity index (χ4n) is 3.67. The van der Waals surface area contributed by atoms with Gasteiger partial charge in [0.2, 0.25) is 5.89 Å². The van der Waals surface area contributed by atoms with Crippen LogP contribution >= 0.6 is 0 Å². The van der Waals surface area contributed by atoms with Crippen LogP contribution < -0.4 is 10.1 Å². The van der Waals surface area contributed by atoms with Gasteiger partial charge in [0.25, 0.3) is 0 Å². The Morgan fingerprint density at radius 1 is 1.14 bits per heavy atom. The summed E-state index contributed by atoms with van der Waals surface area (Å²) in [6, 6.07) is 19.0. The SMILES string of the molecule is Cc1oc(-c2ccccc2)nc1CCOc1ccc(CN2CCNCC2C)cc1. The van der Waals surface area contributed by atoms with Crippen LogP contribution in [0.3, 0.4) is 0 Å². The molecule has 0 spiro atoms. The molecule has 3 aromatic rings. The summed E-state index contributed by atoms with van der Waals surface area (Å²) in [6.45, 7) is 9.04. The molecule has 1 aliphatic heterocycles. The fraction of sp³-hybridized carbons (Fsp3) is 0.375. The van der Waals surface area contributed by atoms with Crippen LogP contribution in [-0.2, 0) is 13.0 Å². The second kappa shape index (κ2) is 9.25. The maximum atomic E-state index is 5.94. The Balaban J connectivity index is 1.29. The van der Waals surface area contributed by atoms with Gasteiger partial charge in [-0.1, -0.05) is 30.3 Å². The zero-order valence-corrected chi connectivity index (χ0v) is 17.2. The smallest absolute Gasteiger partial charge is 0.226 e. The van der Waals surface area contributed by atoms with Gasteiger partial charge in [-0.05, 0) is 43.7 Å². The number of oxazole rings is 1. The predicted octanol–water partition coefficient (Wildman–Crippen LogP) is 4.07. The number of aryl methyl sites for hydroxylation is 1. The highest BCUT2D eigenvalue weighted by molar-refractivity contribution is 5.53. The molecule has 5 heteroatoms. The second-order valence-electron chi connectivity index (χ2n) is 7.65. The first-order chi connectivity index (χ1) is 14.2. The van der Waals surface area contributed by atoms with Gasteiger partial charge in [0.15, 0.2) is 0 Å². The molecule has 1 saturated heterocycles. The first-order valence-electron chi connectivity index (χ1n) is 10.4. The predicted molar refractivity (Wildman–Crippen MR) is 115 cm³/mol. The Bertz CT molecular complexity index is 906. The summed E-state index contributed by atoms with van der Waals surface area (Å²) < 4.78 is 11.8. The van der Waals surface area contributed by atoms with E-state index in [1.807, 2.05) is 37.3 Å². The van der Waals surface area contributed by atoms with Gasteiger partial charge in [-0.25, -0.2) is 4.98 Å². The molecule has 29 heavy (non-hydrogen) atoms. The average molecular weight is 392 g/mol. The van der Waals surface area contributed by atoms with Crippen LogP contribution in [0.25, 0.3) is 11.5 Å². The topological polar surface area (TPSA) is 50.5 Å². The van der Waals surface area contributed by atoms with E-state index in [9.17, 15) is 0 Å². The van der Waals surface area contributed by atoms with Crippen LogP contribution in [0.2, 0.25) is 0 Å². The van der Waals surface area contributed by atoms with Crippen molar-refractivity contribution in [3.63, 3.8) is 0 Å². The van der Waals surface area contributed by atoms with Gasteiger partial charge in [-0.2, -0.15) is 0 Å². The first kappa shape index (κ1) is 19.7. The Morgan fingerprint density at radius 2 is 1.93 bits per heavy atom. The maximum absolute atomic E-state index is 5.94. The van der Waals surface area contributed by atoms with E-state index in [4.69, 9.17) is 9.15 Å². The van der Waals surface area contributed by atoms with E-state index in [0.29, 0.717) is 18.5 Å². The number of nitrogens with one attached hydrogen (secondary N) is 1. The van der Waals surface area contributed by atoms with Gasteiger partial charge >= 0.3 is 0 Å². The molecule has 1 unspecified atom stereocenters. The van der Waals surface area contributed by atoms with Crippen molar-refractivity contribution >= 4 is 0 Å². The van der Waals surface area contributed by atoms with Crippen LogP contribution in [0.1, 0.15) is 23.9 Å². The van der Waals surface area contributed by atoms with Crippen molar-refractivity contribution in [2.75, 3.05) is 26.2 Å². The lowest BCUT2D eigenvalue weighted by Gasteiger charge is -2.33. The van der Waals surface area contributed by atoms with Crippen LogP contribution in [-0.4, -0.2) is 42.2 Å². The lowest BCUT2D eigenvalue weighted by molar-refractivity contribution is 0.165. The number of rotatable bonds is 7. The van der Waals surface area contributed by atoms with E-state index < -0.39 is 0 Å². The molecule has 0 saturated carbocycles. The van der Waals surface area contributed by atoms with Crippen LogP contribution in [0.4, 0.5) is 0 Å². The van der Waals surface area contributed by atoms with Crippen molar-refractivity contribution in [2.24, 2.45) is 0 Å². The van der Waals surface area contributed by atoms with Crippen molar-refractivity contribution < 1.29 is 9.15 Å². The second-order valence-corrected chi connectivity index (χ2v) is 7.65. The van der Waals surface area contributed by atoms with E-state index in [-0.39, 0.29) is 0 Å². The molecule has 0 radical (unpaired) electrons. The molecular formula is C24H29N3O2. The summed E-state index contributed by atoms with van der Waals surface area (Å²) in [5, 5.41) is 3.44. The van der Waals surface area contributed by atoms with Gasteiger partial charge in [-0.15, -0.1) is 0 Å². The van der Waals surface area contributed by atoms with E-state index in [1.54, 1.807) is 0 Å².